The van der Waals surface area contributed by atoms with Crippen molar-refractivity contribution in [3.63, 3.8) is 0 Å². The van der Waals surface area contributed by atoms with Crippen molar-refractivity contribution in [2.24, 2.45) is 0 Å². The molecule has 2 aromatic carbocycles. The molecule has 1 aliphatic heterocycles. The Balaban J connectivity index is 2.19. The molecule has 6 heteroatoms. The van der Waals surface area contributed by atoms with Crippen molar-refractivity contribution in [2.75, 3.05) is 27.2 Å². The van der Waals surface area contributed by atoms with E-state index in [1.165, 1.54) is 17.0 Å². The lowest BCUT2D eigenvalue weighted by Gasteiger charge is -2.26. The summed E-state index contributed by atoms with van der Waals surface area (Å²) in [4.78, 5) is 29.1. The van der Waals surface area contributed by atoms with Gasteiger partial charge in [0.05, 0.1) is 11.6 Å². The SMILES string of the molecule is Cc1ccc(C)c(C(O)=C2C(=O)C(=O)N(CCN(C)C)[C@H]2c2ccc(F)cc2)c1. The van der Waals surface area contributed by atoms with Crippen LogP contribution < -0.4 is 0 Å². The third kappa shape index (κ3) is 4.07. The Morgan fingerprint density at radius 3 is 2.38 bits per heavy atom. The van der Waals surface area contributed by atoms with E-state index in [2.05, 4.69) is 0 Å². The van der Waals surface area contributed by atoms with Crippen LogP contribution in [0.5, 0.6) is 0 Å². The maximum atomic E-state index is 13.5. The average molecular weight is 396 g/mol. The maximum Gasteiger partial charge on any atom is 0.295 e. The first-order valence-electron chi connectivity index (χ1n) is 9.47. The molecule has 5 nitrogen and oxygen atoms in total. The van der Waals surface area contributed by atoms with Crippen molar-refractivity contribution >= 4 is 17.4 Å². The van der Waals surface area contributed by atoms with E-state index in [1.807, 2.05) is 45.0 Å². The van der Waals surface area contributed by atoms with E-state index in [9.17, 15) is 19.1 Å². The molecule has 1 atom stereocenters. The van der Waals surface area contributed by atoms with Gasteiger partial charge in [-0.3, -0.25) is 9.59 Å². The fourth-order valence-corrected chi connectivity index (χ4v) is 3.55. The molecule has 0 saturated carbocycles. The van der Waals surface area contributed by atoms with Crippen molar-refractivity contribution in [3.8, 4) is 0 Å². The summed E-state index contributed by atoms with van der Waals surface area (Å²) >= 11 is 0. The molecule has 1 fully saturated rings. The number of ketones is 1. The zero-order chi connectivity index (χ0) is 21.3. The van der Waals surface area contributed by atoms with Crippen LogP contribution in [0.3, 0.4) is 0 Å². The first-order chi connectivity index (χ1) is 13.7. The minimum atomic E-state index is -0.768. The number of aliphatic hydroxyl groups is 1. The standard InChI is InChI=1S/C23H25FN2O3/c1-14-5-6-15(2)18(13-14)21(27)19-20(16-7-9-17(24)10-8-16)26(12-11-25(3)4)23(29)22(19)28/h5-10,13,20,27H,11-12H2,1-4H3/t20-/m0/s1. The highest BCUT2D eigenvalue weighted by atomic mass is 19.1. The zero-order valence-electron chi connectivity index (χ0n) is 17.1. The quantitative estimate of drug-likeness (QED) is 0.478. The van der Waals surface area contributed by atoms with Gasteiger partial charge in [0.2, 0.25) is 0 Å². The van der Waals surface area contributed by atoms with Crippen LogP contribution in [0.1, 0.15) is 28.3 Å². The smallest absolute Gasteiger partial charge is 0.295 e. The second-order valence-corrected chi connectivity index (χ2v) is 7.67. The minimum Gasteiger partial charge on any atom is -0.507 e. The molecule has 0 aromatic heterocycles. The summed E-state index contributed by atoms with van der Waals surface area (Å²) in [6, 6.07) is 10.5. The van der Waals surface area contributed by atoms with E-state index >= 15 is 0 Å². The Morgan fingerprint density at radius 1 is 1.10 bits per heavy atom. The Hall–Kier alpha value is -2.99. The summed E-state index contributed by atoms with van der Waals surface area (Å²) in [5, 5.41) is 11.1. The number of amides is 1. The Morgan fingerprint density at radius 2 is 1.76 bits per heavy atom. The Kier molecular flexibility index (Phi) is 5.84. The van der Waals surface area contributed by atoms with Crippen LogP contribution in [0.25, 0.3) is 5.76 Å². The number of carbonyl (C=O) groups excluding carboxylic acids is 2. The molecule has 0 radical (unpaired) electrons. The van der Waals surface area contributed by atoms with E-state index < -0.39 is 23.5 Å². The number of likely N-dealkylation sites (N-methyl/N-ethyl adjacent to an activating group) is 1. The number of hydrogen-bond acceptors (Lipinski definition) is 4. The number of Topliss-reactive ketones (excluding diaryl/α,β-unsaturated/α-hetero) is 1. The molecule has 0 spiro atoms. The van der Waals surface area contributed by atoms with E-state index in [0.717, 1.165) is 11.1 Å². The van der Waals surface area contributed by atoms with Crippen molar-refractivity contribution < 1.29 is 19.1 Å². The molecule has 2 aromatic rings. The lowest BCUT2D eigenvalue weighted by Crippen LogP contribution is -2.35. The second kappa shape index (κ2) is 8.17. The topological polar surface area (TPSA) is 60.9 Å². The van der Waals surface area contributed by atoms with Gasteiger partial charge in [-0.1, -0.05) is 29.8 Å². The molecular formula is C23H25FN2O3. The third-order valence-electron chi connectivity index (χ3n) is 5.16. The molecular weight excluding hydrogens is 371 g/mol. The average Bonchev–Trinajstić information content (AvgIpc) is 2.93. The molecule has 0 unspecified atom stereocenters. The van der Waals surface area contributed by atoms with Crippen molar-refractivity contribution in [1.29, 1.82) is 0 Å². The van der Waals surface area contributed by atoms with E-state index in [-0.39, 0.29) is 11.3 Å². The predicted octanol–water partition coefficient (Wildman–Crippen LogP) is 3.43. The number of carbonyl (C=O) groups is 2. The van der Waals surface area contributed by atoms with Gasteiger partial charge in [0.25, 0.3) is 11.7 Å². The van der Waals surface area contributed by atoms with Crippen LogP contribution in [-0.2, 0) is 9.59 Å². The normalized spacial score (nSPS) is 18.7. The molecule has 1 amide bonds. The van der Waals surface area contributed by atoms with Gasteiger partial charge < -0.3 is 14.9 Å². The van der Waals surface area contributed by atoms with Gasteiger partial charge in [0.15, 0.2) is 0 Å². The first kappa shape index (κ1) is 20.7. The van der Waals surface area contributed by atoms with Gasteiger partial charge in [0, 0.05) is 18.7 Å². The lowest BCUT2D eigenvalue weighted by molar-refractivity contribution is -0.140. The fraction of sp³-hybridized carbons (Fsp3) is 0.304. The van der Waals surface area contributed by atoms with E-state index in [0.29, 0.717) is 24.2 Å². The first-order valence-corrected chi connectivity index (χ1v) is 9.47. The monoisotopic (exact) mass is 396 g/mol. The summed E-state index contributed by atoms with van der Waals surface area (Å²) in [7, 11) is 3.75. The molecule has 1 N–H and O–H groups in total. The summed E-state index contributed by atoms with van der Waals surface area (Å²) in [6.07, 6.45) is 0. The fourth-order valence-electron chi connectivity index (χ4n) is 3.55. The number of hydrogen-bond donors (Lipinski definition) is 1. The van der Waals surface area contributed by atoms with Gasteiger partial charge >= 0.3 is 0 Å². The highest BCUT2D eigenvalue weighted by Gasteiger charge is 2.46. The Bertz CT molecular complexity index is 980. The number of aliphatic hydroxyl groups excluding tert-OH is 1. The molecule has 0 aliphatic carbocycles. The zero-order valence-corrected chi connectivity index (χ0v) is 17.1. The summed E-state index contributed by atoms with van der Waals surface area (Å²) in [5.41, 5.74) is 2.86. The highest BCUT2D eigenvalue weighted by molar-refractivity contribution is 6.46. The van der Waals surface area contributed by atoms with Gasteiger partial charge in [-0.05, 0) is 57.3 Å². The summed E-state index contributed by atoms with van der Waals surface area (Å²) in [6.45, 7) is 4.59. The number of rotatable bonds is 5. The van der Waals surface area contributed by atoms with Gasteiger partial charge in [-0.25, -0.2) is 4.39 Å². The highest BCUT2D eigenvalue weighted by Crippen LogP contribution is 2.39. The van der Waals surface area contributed by atoms with E-state index in [4.69, 9.17) is 0 Å². The molecule has 152 valence electrons. The number of halogens is 1. The van der Waals surface area contributed by atoms with Crippen LogP contribution in [-0.4, -0.2) is 53.8 Å². The van der Waals surface area contributed by atoms with Crippen molar-refractivity contribution in [3.05, 3.63) is 76.1 Å². The number of benzene rings is 2. The maximum absolute atomic E-state index is 13.5. The summed E-state index contributed by atoms with van der Waals surface area (Å²) < 4.78 is 13.5. The molecule has 1 heterocycles. The number of likely N-dealkylation sites (tertiary alicyclic amines) is 1. The van der Waals surface area contributed by atoms with Gasteiger partial charge in [-0.15, -0.1) is 0 Å². The largest absolute Gasteiger partial charge is 0.507 e. The minimum absolute atomic E-state index is 0.0362. The number of nitrogens with zero attached hydrogens (tertiary/aromatic N) is 2. The summed E-state index contributed by atoms with van der Waals surface area (Å²) in [5.74, 6) is -2.00. The molecule has 1 saturated heterocycles. The van der Waals surface area contributed by atoms with Crippen LogP contribution in [0.4, 0.5) is 4.39 Å². The van der Waals surface area contributed by atoms with Crippen LogP contribution >= 0.6 is 0 Å². The van der Waals surface area contributed by atoms with Crippen LogP contribution in [0.2, 0.25) is 0 Å². The van der Waals surface area contributed by atoms with Crippen molar-refractivity contribution in [1.82, 2.24) is 9.80 Å². The van der Waals surface area contributed by atoms with Crippen molar-refractivity contribution in [2.45, 2.75) is 19.9 Å². The molecule has 1 aliphatic rings. The lowest BCUT2D eigenvalue weighted by atomic mass is 9.93. The second-order valence-electron chi connectivity index (χ2n) is 7.67. The van der Waals surface area contributed by atoms with Crippen LogP contribution in [0.15, 0.2) is 48.0 Å². The van der Waals surface area contributed by atoms with Gasteiger partial charge in [-0.2, -0.15) is 0 Å². The molecule has 3 rings (SSSR count). The van der Waals surface area contributed by atoms with Crippen LogP contribution in [0, 0.1) is 19.7 Å². The van der Waals surface area contributed by atoms with E-state index in [1.54, 1.807) is 18.2 Å². The molecule has 0 bridgehead atoms. The molecule has 29 heavy (non-hydrogen) atoms. The Labute approximate surface area is 170 Å². The number of aryl methyl sites for hydroxylation is 2. The third-order valence-corrected chi connectivity index (χ3v) is 5.16. The predicted molar refractivity (Wildman–Crippen MR) is 110 cm³/mol. The van der Waals surface area contributed by atoms with Gasteiger partial charge in [0.1, 0.15) is 11.6 Å².